The van der Waals surface area contributed by atoms with Crippen molar-refractivity contribution in [2.24, 2.45) is 14.1 Å². The molecule has 0 bridgehead atoms. The van der Waals surface area contributed by atoms with E-state index in [4.69, 9.17) is 0 Å². The van der Waals surface area contributed by atoms with E-state index in [2.05, 4.69) is 22.3 Å². The summed E-state index contributed by atoms with van der Waals surface area (Å²) in [5.41, 5.74) is 2.43. The normalized spacial score (nSPS) is 10.9. The lowest BCUT2D eigenvalue weighted by molar-refractivity contribution is 0.635. The lowest BCUT2D eigenvalue weighted by Gasteiger charge is -2.04. The molecule has 2 aromatic rings. The van der Waals surface area contributed by atoms with Crippen LogP contribution >= 0.6 is 0 Å². The van der Waals surface area contributed by atoms with E-state index in [9.17, 15) is 0 Å². The van der Waals surface area contributed by atoms with Gasteiger partial charge in [-0.1, -0.05) is 0 Å². The molecule has 0 aliphatic carbocycles. The maximum Gasteiger partial charge on any atom is 0.122 e. The number of nitrogens with zero attached hydrogens (tertiary/aromatic N) is 4. The third kappa shape index (κ3) is 2.14. The van der Waals surface area contributed by atoms with E-state index in [1.165, 1.54) is 11.3 Å². The van der Waals surface area contributed by atoms with Crippen LogP contribution in [0.25, 0.3) is 0 Å². The van der Waals surface area contributed by atoms with Crippen LogP contribution in [0.5, 0.6) is 0 Å². The Morgan fingerprint density at radius 1 is 1.31 bits per heavy atom. The molecule has 2 rings (SSSR count). The molecular weight excluding hydrogens is 202 g/mol. The van der Waals surface area contributed by atoms with Gasteiger partial charge in [-0.2, -0.15) is 5.10 Å². The summed E-state index contributed by atoms with van der Waals surface area (Å²) in [7, 11) is 3.96. The smallest absolute Gasteiger partial charge is 0.122 e. The summed E-state index contributed by atoms with van der Waals surface area (Å²) >= 11 is 0. The van der Waals surface area contributed by atoms with Crippen molar-refractivity contribution in [3.05, 3.63) is 35.7 Å². The molecule has 86 valence electrons. The van der Waals surface area contributed by atoms with Gasteiger partial charge in [-0.25, -0.2) is 4.98 Å². The Labute approximate surface area is 95.1 Å². The molecule has 0 aliphatic heterocycles. The first-order valence-electron chi connectivity index (χ1n) is 5.33. The zero-order valence-electron chi connectivity index (χ0n) is 9.94. The third-order valence-corrected chi connectivity index (χ3v) is 2.86. The van der Waals surface area contributed by atoms with Crippen molar-refractivity contribution >= 4 is 0 Å². The van der Waals surface area contributed by atoms with Crippen molar-refractivity contribution in [3.63, 3.8) is 0 Å². The van der Waals surface area contributed by atoms with Crippen molar-refractivity contribution in [1.82, 2.24) is 24.6 Å². The van der Waals surface area contributed by atoms with Gasteiger partial charge in [0.1, 0.15) is 5.82 Å². The Morgan fingerprint density at radius 3 is 2.69 bits per heavy atom. The topological polar surface area (TPSA) is 47.7 Å². The number of nitrogens with one attached hydrogen (secondary N) is 1. The van der Waals surface area contributed by atoms with Gasteiger partial charge in [-0.15, -0.1) is 0 Å². The highest BCUT2D eigenvalue weighted by atomic mass is 15.3. The third-order valence-electron chi connectivity index (χ3n) is 2.86. The second-order valence-corrected chi connectivity index (χ2v) is 3.94. The molecule has 0 spiro atoms. The maximum absolute atomic E-state index is 4.25. The fraction of sp³-hybridized carbons (Fsp3) is 0.455. The zero-order valence-corrected chi connectivity index (χ0v) is 9.94. The Hall–Kier alpha value is -1.62. The van der Waals surface area contributed by atoms with Crippen LogP contribution < -0.4 is 5.32 Å². The molecule has 0 radical (unpaired) electrons. The minimum Gasteiger partial charge on any atom is -0.337 e. The van der Waals surface area contributed by atoms with Crippen LogP contribution in [-0.2, 0) is 27.2 Å². The predicted octanol–water partition coefficient (Wildman–Crippen LogP) is 0.752. The van der Waals surface area contributed by atoms with Crippen LogP contribution in [0.2, 0.25) is 0 Å². The average molecular weight is 219 g/mol. The van der Waals surface area contributed by atoms with Crippen molar-refractivity contribution in [2.45, 2.75) is 20.0 Å². The quantitative estimate of drug-likeness (QED) is 0.825. The van der Waals surface area contributed by atoms with Crippen molar-refractivity contribution in [2.75, 3.05) is 0 Å². The number of rotatable bonds is 4. The molecule has 1 N–H and O–H groups in total. The second kappa shape index (κ2) is 4.49. The first-order valence-corrected chi connectivity index (χ1v) is 5.33. The van der Waals surface area contributed by atoms with Gasteiger partial charge in [-0.05, 0) is 6.92 Å². The molecule has 0 saturated heterocycles. The molecule has 0 fully saturated rings. The van der Waals surface area contributed by atoms with Gasteiger partial charge in [0, 0.05) is 44.3 Å². The zero-order chi connectivity index (χ0) is 11.5. The predicted molar refractivity (Wildman–Crippen MR) is 61.7 cm³/mol. The highest BCUT2D eigenvalue weighted by Crippen LogP contribution is 2.05. The summed E-state index contributed by atoms with van der Waals surface area (Å²) in [6.07, 6.45) is 5.67. The number of hydrogen-bond donors (Lipinski definition) is 1. The van der Waals surface area contributed by atoms with E-state index < -0.39 is 0 Å². The summed E-state index contributed by atoms with van der Waals surface area (Å²) in [4.78, 5) is 4.25. The van der Waals surface area contributed by atoms with Crippen molar-refractivity contribution in [3.8, 4) is 0 Å². The molecule has 5 nitrogen and oxygen atoms in total. The van der Waals surface area contributed by atoms with E-state index in [1.54, 1.807) is 0 Å². The summed E-state index contributed by atoms with van der Waals surface area (Å²) < 4.78 is 3.90. The Morgan fingerprint density at radius 2 is 2.12 bits per heavy atom. The van der Waals surface area contributed by atoms with Gasteiger partial charge in [-0.3, -0.25) is 4.68 Å². The Kier molecular flexibility index (Phi) is 3.05. The molecule has 0 saturated carbocycles. The van der Waals surface area contributed by atoms with E-state index in [-0.39, 0.29) is 0 Å². The lowest BCUT2D eigenvalue weighted by Crippen LogP contribution is -2.16. The van der Waals surface area contributed by atoms with Crippen LogP contribution in [0.3, 0.4) is 0 Å². The fourth-order valence-electron chi connectivity index (χ4n) is 1.59. The van der Waals surface area contributed by atoms with E-state index >= 15 is 0 Å². The number of aryl methyl sites for hydroxylation is 2. The van der Waals surface area contributed by atoms with Gasteiger partial charge < -0.3 is 9.88 Å². The van der Waals surface area contributed by atoms with Crippen LogP contribution in [0.15, 0.2) is 18.6 Å². The van der Waals surface area contributed by atoms with E-state index in [1.807, 2.05) is 41.9 Å². The van der Waals surface area contributed by atoms with E-state index in [0.717, 1.165) is 18.9 Å². The highest BCUT2D eigenvalue weighted by molar-refractivity contribution is 5.15. The molecule has 0 aromatic carbocycles. The van der Waals surface area contributed by atoms with Crippen LogP contribution in [-0.4, -0.2) is 19.3 Å². The SMILES string of the molecule is Cc1c(CNCc2nccn2C)cnn1C. The summed E-state index contributed by atoms with van der Waals surface area (Å²) in [5, 5.41) is 7.57. The Bertz CT molecular complexity index is 468. The van der Waals surface area contributed by atoms with Crippen LogP contribution in [0.4, 0.5) is 0 Å². The van der Waals surface area contributed by atoms with Gasteiger partial charge >= 0.3 is 0 Å². The number of hydrogen-bond acceptors (Lipinski definition) is 3. The molecule has 0 amide bonds. The molecule has 2 heterocycles. The molecule has 5 heteroatoms. The highest BCUT2D eigenvalue weighted by Gasteiger charge is 2.03. The number of aromatic nitrogens is 4. The summed E-state index contributed by atoms with van der Waals surface area (Å²) in [6.45, 7) is 3.68. The minimum absolute atomic E-state index is 0.776. The maximum atomic E-state index is 4.25. The van der Waals surface area contributed by atoms with Gasteiger partial charge in [0.2, 0.25) is 0 Å². The lowest BCUT2D eigenvalue weighted by atomic mass is 10.2. The van der Waals surface area contributed by atoms with E-state index in [0.29, 0.717) is 0 Å². The Balaban J connectivity index is 1.89. The largest absolute Gasteiger partial charge is 0.337 e. The molecule has 0 aliphatic rings. The minimum atomic E-state index is 0.776. The van der Waals surface area contributed by atoms with Gasteiger partial charge in [0.15, 0.2) is 0 Å². The van der Waals surface area contributed by atoms with Crippen LogP contribution in [0, 0.1) is 6.92 Å². The van der Waals surface area contributed by atoms with Crippen LogP contribution in [0.1, 0.15) is 17.1 Å². The summed E-state index contributed by atoms with van der Waals surface area (Å²) in [6, 6.07) is 0. The molecule has 0 unspecified atom stereocenters. The van der Waals surface area contributed by atoms with Gasteiger partial charge in [0.05, 0.1) is 12.7 Å². The van der Waals surface area contributed by atoms with Crippen molar-refractivity contribution < 1.29 is 0 Å². The van der Waals surface area contributed by atoms with Crippen molar-refractivity contribution in [1.29, 1.82) is 0 Å². The standard InChI is InChI=1S/C11H17N5/c1-9-10(7-14-16(9)3)6-12-8-11-13-4-5-15(11)2/h4-5,7,12H,6,8H2,1-3H3. The molecule has 2 aromatic heterocycles. The fourth-order valence-corrected chi connectivity index (χ4v) is 1.59. The molecule has 16 heavy (non-hydrogen) atoms. The van der Waals surface area contributed by atoms with Gasteiger partial charge in [0.25, 0.3) is 0 Å². The molecular formula is C11H17N5. The monoisotopic (exact) mass is 219 g/mol. The molecule has 0 atom stereocenters. The second-order valence-electron chi connectivity index (χ2n) is 3.94. The summed E-state index contributed by atoms with van der Waals surface area (Å²) in [5.74, 6) is 1.04. The first-order chi connectivity index (χ1) is 7.68. The first kappa shape index (κ1) is 10.9. The average Bonchev–Trinajstić information content (AvgIpc) is 2.80. The number of imidazole rings is 1.